The fourth-order valence-electron chi connectivity index (χ4n) is 4.07. The minimum absolute atomic E-state index is 0.0715. The van der Waals surface area contributed by atoms with Crippen LogP contribution < -0.4 is 16.8 Å². The van der Waals surface area contributed by atoms with Gasteiger partial charge in [-0.25, -0.2) is 0 Å². The van der Waals surface area contributed by atoms with Crippen LogP contribution >= 0.6 is 0 Å². The maximum atomic E-state index is 13.1. The van der Waals surface area contributed by atoms with Gasteiger partial charge in [-0.15, -0.1) is 0 Å². The summed E-state index contributed by atoms with van der Waals surface area (Å²) >= 11 is 0. The Morgan fingerprint density at radius 2 is 1.84 bits per heavy atom. The number of furan rings is 1. The van der Waals surface area contributed by atoms with Gasteiger partial charge in [0.2, 0.25) is 5.91 Å². The average Bonchev–Trinajstić information content (AvgIpc) is 3.34. The van der Waals surface area contributed by atoms with Gasteiger partial charge in [-0.2, -0.15) is 0 Å². The number of nitrogens with zero attached hydrogens (tertiary/aromatic N) is 1. The van der Waals surface area contributed by atoms with E-state index in [-0.39, 0.29) is 17.9 Å². The Kier molecular flexibility index (Phi) is 8.67. The number of hydrogen-bond donors (Lipinski definition) is 3. The average molecular weight is 427 g/mol. The van der Waals surface area contributed by atoms with E-state index in [2.05, 4.69) is 5.32 Å². The molecular formula is C24H34N4O3. The van der Waals surface area contributed by atoms with Crippen LogP contribution in [0.3, 0.4) is 0 Å². The fourth-order valence-corrected chi connectivity index (χ4v) is 4.07. The molecule has 31 heavy (non-hydrogen) atoms. The lowest BCUT2D eigenvalue weighted by molar-refractivity contribution is -0.117. The summed E-state index contributed by atoms with van der Waals surface area (Å²) in [4.78, 5) is 27.3. The standard InChI is InChI=1S/C24H34N4O3/c25-15-5-4-9-21(26)23(29)27-19-13-11-18(12-14-19)17-28(20-7-2-1-3-8-20)24(30)22-10-6-16-31-22/h6,10-14,16,20-21H,1-5,7-9,15,17,25-26H2,(H,27,29)/t21-/m0/s1. The molecule has 7 nitrogen and oxygen atoms in total. The van der Waals surface area contributed by atoms with Gasteiger partial charge in [-0.05, 0) is 62.1 Å². The van der Waals surface area contributed by atoms with Gasteiger partial charge in [0.15, 0.2) is 5.76 Å². The first-order valence-electron chi connectivity index (χ1n) is 11.3. The molecule has 2 amide bonds. The van der Waals surface area contributed by atoms with Gasteiger partial charge in [0.1, 0.15) is 0 Å². The van der Waals surface area contributed by atoms with Crippen LogP contribution in [0.4, 0.5) is 5.69 Å². The summed E-state index contributed by atoms with van der Waals surface area (Å²) in [6, 6.07) is 10.7. The van der Waals surface area contributed by atoms with E-state index in [0.717, 1.165) is 44.1 Å². The second-order valence-electron chi connectivity index (χ2n) is 8.28. The number of benzene rings is 1. The minimum Gasteiger partial charge on any atom is -0.459 e. The van der Waals surface area contributed by atoms with E-state index in [4.69, 9.17) is 15.9 Å². The van der Waals surface area contributed by atoms with Gasteiger partial charge in [-0.3, -0.25) is 9.59 Å². The summed E-state index contributed by atoms with van der Waals surface area (Å²) < 4.78 is 5.37. The first kappa shape index (κ1) is 23.0. The summed E-state index contributed by atoms with van der Waals surface area (Å²) in [5.74, 6) is 0.109. The van der Waals surface area contributed by atoms with Crippen molar-refractivity contribution in [1.29, 1.82) is 0 Å². The zero-order valence-electron chi connectivity index (χ0n) is 18.1. The predicted octanol–water partition coefficient (Wildman–Crippen LogP) is 3.65. The molecule has 1 saturated carbocycles. The molecule has 0 spiro atoms. The van der Waals surface area contributed by atoms with Gasteiger partial charge < -0.3 is 26.1 Å². The largest absolute Gasteiger partial charge is 0.459 e. The van der Waals surface area contributed by atoms with Gasteiger partial charge in [-0.1, -0.05) is 37.8 Å². The SMILES string of the molecule is NCCCC[C@H](N)C(=O)Nc1ccc(CN(C(=O)c2ccco2)C2CCCCC2)cc1. The van der Waals surface area contributed by atoms with Crippen molar-refractivity contribution in [3.05, 3.63) is 54.0 Å². The Morgan fingerprint density at radius 3 is 2.48 bits per heavy atom. The third kappa shape index (κ3) is 6.67. The lowest BCUT2D eigenvalue weighted by Crippen LogP contribution is -2.40. The Labute approximate surface area is 184 Å². The molecule has 1 aromatic heterocycles. The molecule has 7 heteroatoms. The van der Waals surface area contributed by atoms with E-state index in [0.29, 0.717) is 31.0 Å². The van der Waals surface area contributed by atoms with Crippen LogP contribution in [0.15, 0.2) is 47.1 Å². The highest BCUT2D eigenvalue weighted by Gasteiger charge is 2.27. The smallest absolute Gasteiger partial charge is 0.290 e. The van der Waals surface area contributed by atoms with E-state index < -0.39 is 6.04 Å². The van der Waals surface area contributed by atoms with E-state index in [9.17, 15) is 9.59 Å². The van der Waals surface area contributed by atoms with Crippen LogP contribution in [0.1, 0.15) is 67.5 Å². The summed E-state index contributed by atoms with van der Waals surface area (Å²) in [5, 5.41) is 2.87. The van der Waals surface area contributed by atoms with Crippen molar-refractivity contribution >= 4 is 17.5 Å². The summed E-state index contributed by atoms with van der Waals surface area (Å²) in [6.45, 7) is 1.12. The Balaban J connectivity index is 1.62. The third-order valence-electron chi connectivity index (χ3n) is 5.89. The second kappa shape index (κ2) is 11.7. The van der Waals surface area contributed by atoms with Gasteiger partial charge >= 0.3 is 0 Å². The van der Waals surface area contributed by atoms with Crippen LogP contribution in [0.2, 0.25) is 0 Å². The van der Waals surface area contributed by atoms with E-state index in [1.54, 1.807) is 12.1 Å². The van der Waals surface area contributed by atoms with E-state index in [1.165, 1.54) is 12.7 Å². The topological polar surface area (TPSA) is 115 Å². The number of rotatable bonds is 10. The monoisotopic (exact) mass is 426 g/mol. The molecule has 3 rings (SSSR count). The molecule has 168 valence electrons. The molecule has 0 bridgehead atoms. The number of carbonyl (C=O) groups excluding carboxylic acids is 2. The molecule has 0 saturated heterocycles. The van der Waals surface area contributed by atoms with Crippen molar-refractivity contribution in [2.45, 2.75) is 70.0 Å². The highest BCUT2D eigenvalue weighted by atomic mass is 16.3. The van der Waals surface area contributed by atoms with E-state index >= 15 is 0 Å². The zero-order valence-corrected chi connectivity index (χ0v) is 18.1. The highest BCUT2D eigenvalue weighted by molar-refractivity contribution is 5.94. The molecule has 1 atom stereocenters. The molecule has 1 aliphatic carbocycles. The molecule has 5 N–H and O–H groups in total. The van der Waals surface area contributed by atoms with Crippen LogP contribution in [0, 0.1) is 0 Å². The number of hydrogen-bond acceptors (Lipinski definition) is 5. The first-order chi connectivity index (χ1) is 15.1. The van der Waals surface area contributed by atoms with Crippen molar-refractivity contribution in [2.75, 3.05) is 11.9 Å². The molecular weight excluding hydrogens is 392 g/mol. The molecule has 1 aromatic carbocycles. The quantitative estimate of drug-likeness (QED) is 0.502. The van der Waals surface area contributed by atoms with Crippen molar-refractivity contribution in [2.24, 2.45) is 11.5 Å². The van der Waals surface area contributed by atoms with Crippen molar-refractivity contribution < 1.29 is 14.0 Å². The Bertz CT molecular complexity index is 814. The third-order valence-corrected chi connectivity index (χ3v) is 5.89. The van der Waals surface area contributed by atoms with E-state index in [1.807, 2.05) is 29.2 Å². The number of carbonyl (C=O) groups is 2. The molecule has 0 radical (unpaired) electrons. The van der Waals surface area contributed by atoms with Gasteiger partial charge in [0.05, 0.1) is 12.3 Å². The molecule has 1 heterocycles. The Hall–Kier alpha value is -2.64. The molecule has 1 aliphatic rings. The summed E-state index contributed by atoms with van der Waals surface area (Å²) in [6.07, 6.45) is 9.39. The number of nitrogens with one attached hydrogen (secondary N) is 1. The zero-order chi connectivity index (χ0) is 22.1. The molecule has 1 fully saturated rings. The predicted molar refractivity (Wildman–Crippen MR) is 121 cm³/mol. The number of amides is 2. The van der Waals surface area contributed by atoms with Crippen LogP contribution in [-0.2, 0) is 11.3 Å². The van der Waals surface area contributed by atoms with Crippen molar-refractivity contribution in [3.8, 4) is 0 Å². The summed E-state index contributed by atoms with van der Waals surface area (Å²) in [7, 11) is 0. The first-order valence-corrected chi connectivity index (χ1v) is 11.3. The van der Waals surface area contributed by atoms with Crippen LogP contribution in [-0.4, -0.2) is 35.3 Å². The molecule has 0 unspecified atom stereocenters. The number of nitrogens with two attached hydrogens (primary N) is 2. The summed E-state index contributed by atoms with van der Waals surface area (Å²) in [5.41, 5.74) is 13.2. The fraction of sp³-hybridized carbons (Fsp3) is 0.500. The van der Waals surface area contributed by atoms with Crippen LogP contribution in [0.25, 0.3) is 0 Å². The number of unbranched alkanes of at least 4 members (excludes halogenated alkanes) is 1. The highest BCUT2D eigenvalue weighted by Crippen LogP contribution is 2.26. The maximum Gasteiger partial charge on any atom is 0.290 e. The van der Waals surface area contributed by atoms with Crippen molar-refractivity contribution in [1.82, 2.24) is 4.90 Å². The lowest BCUT2D eigenvalue weighted by atomic mass is 9.93. The molecule has 0 aliphatic heterocycles. The normalized spacial score (nSPS) is 15.4. The maximum absolute atomic E-state index is 13.1. The second-order valence-corrected chi connectivity index (χ2v) is 8.28. The van der Waals surface area contributed by atoms with Gasteiger partial charge in [0, 0.05) is 18.3 Å². The van der Waals surface area contributed by atoms with Gasteiger partial charge in [0.25, 0.3) is 5.91 Å². The molecule has 2 aromatic rings. The van der Waals surface area contributed by atoms with Crippen LogP contribution in [0.5, 0.6) is 0 Å². The lowest BCUT2D eigenvalue weighted by Gasteiger charge is -2.34. The van der Waals surface area contributed by atoms with Crippen molar-refractivity contribution in [3.63, 3.8) is 0 Å². The minimum atomic E-state index is -0.543. The number of anilines is 1. The Morgan fingerprint density at radius 1 is 1.10 bits per heavy atom.